The Morgan fingerprint density at radius 2 is 1.77 bits per heavy atom. The molecule has 2 aliphatic heterocycles. The second-order valence-corrected chi connectivity index (χ2v) is 9.45. The van der Waals surface area contributed by atoms with Gasteiger partial charge in [0.2, 0.25) is 0 Å². The van der Waals surface area contributed by atoms with E-state index < -0.39 is 0 Å². The summed E-state index contributed by atoms with van der Waals surface area (Å²) in [5.74, 6) is 0. The van der Waals surface area contributed by atoms with Crippen molar-refractivity contribution in [3.8, 4) is 0 Å². The molecule has 1 saturated heterocycles. The fourth-order valence-electron chi connectivity index (χ4n) is 4.88. The molecular weight excluding hydrogens is 386 g/mol. The van der Waals surface area contributed by atoms with E-state index in [0.29, 0.717) is 19.7 Å². The zero-order valence-corrected chi connectivity index (χ0v) is 19.1. The van der Waals surface area contributed by atoms with Crippen LogP contribution in [0.2, 0.25) is 0 Å². The van der Waals surface area contributed by atoms with Crippen molar-refractivity contribution in [3.05, 3.63) is 65.2 Å². The van der Waals surface area contributed by atoms with Crippen LogP contribution in [0, 0.1) is 0 Å². The minimum atomic E-state index is -0.235. The summed E-state index contributed by atoms with van der Waals surface area (Å²) in [6, 6.07) is 16.7. The normalized spacial score (nSPS) is 18.5. The average molecular weight is 422 g/mol. The summed E-state index contributed by atoms with van der Waals surface area (Å²) in [7, 11) is 0. The first-order chi connectivity index (χ1) is 15.0. The largest absolute Gasteiger partial charge is 0.445 e. The molecule has 2 aliphatic rings. The fourth-order valence-corrected chi connectivity index (χ4v) is 4.88. The number of amides is 1. The summed E-state index contributed by atoms with van der Waals surface area (Å²) in [6.45, 7) is 13.8. The molecule has 1 fully saturated rings. The summed E-state index contributed by atoms with van der Waals surface area (Å²) < 4.78 is 5.63. The van der Waals surface area contributed by atoms with Crippen LogP contribution in [0.5, 0.6) is 0 Å². The van der Waals surface area contributed by atoms with E-state index >= 15 is 0 Å². The Bertz CT molecular complexity index is 889. The van der Waals surface area contributed by atoms with Gasteiger partial charge in [-0.3, -0.25) is 4.90 Å². The predicted octanol–water partition coefficient (Wildman–Crippen LogP) is 4.65. The van der Waals surface area contributed by atoms with Gasteiger partial charge in [0, 0.05) is 50.4 Å². The summed E-state index contributed by atoms with van der Waals surface area (Å²) >= 11 is 0. The van der Waals surface area contributed by atoms with Crippen molar-refractivity contribution >= 4 is 11.8 Å². The number of fused-ring (bicyclic) bond motifs is 1. The monoisotopic (exact) mass is 421 g/mol. The van der Waals surface area contributed by atoms with Gasteiger partial charge in [0.25, 0.3) is 0 Å². The number of hydrogen-bond acceptors (Lipinski definition) is 4. The van der Waals surface area contributed by atoms with Crippen LogP contribution in [0.15, 0.2) is 48.5 Å². The van der Waals surface area contributed by atoms with Crippen LogP contribution < -0.4 is 4.90 Å². The number of benzene rings is 2. The van der Waals surface area contributed by atoms with Crippen LogP contribution in [-0.2, 0) is 23.3 Å². The lowest BCUT2D eigenvalue weighted by atomic mass is 9.78. The van der Waals surface area contributed by atoms with E-state index in [-0.39, 0.29) is 11.5 Å². The van der Waals surface area contributed by atoms with Crippen LogP contribution in [-0.4, -0.2) is 55.2 Å². The lowest BCUT2D eigenvalue weighted by Crippen LogP contribution is -2.47. The smallest absolute Gasteiger partial charge is 0.410 e. The molecule has 2 aromatic carbocycles. The molecule has 4 rings (SSSR count). The Morgan fingerprint density at radius 1 is 1.03 bits per heavy atom. The molecule has 0 spiro atoms. The summed E-state index contributed by atoms with van der Waals surface area (Å²) in [6.07, 6.45) is 0.977. The second-order valence-electron chi connectivity index (χ2n) is 9.45. The number of piperazine rings is 1. The molecule has 0 atom stereocenters. The van der Waals surface area contributed by atoms with E-state index in [9.17, 15) is 4.79 Å². The summed E-state index contributed by atoms with van der Waals surface area (Å²) in [5.41, 5.74) is 4.76. The van der Waals surface area contributed by atoms with Crippen LogP contribution in [0.3, 0.4) is 0 Å². The molecule has 5 heteroatoms. The number of nitrogens with zero attached hydrogens (tertiary/aromatic N) is 3. The van der Waals surface area contributed by atoms with Gasteiger partial charge in [-0.15, -0.1) is 0 Å². The zero-order valence-electron chi connectivity index (χ0n) is 19.1. The Kier molecular flexibility index (Phi) is 6.51. The Balaban J connectivity index is 1.45. The lowest BCUT2D eigenvalue weighted by Gasteiger charge is -2.41. The minimum absolute atomic E-state index is 0.0995. The third kappa shape index (κ3) is 5.04. The molecule has 31 heavy (non-hydrogen) atoms. The highest BCUT2D eigenvalue weighted by Gasteiger charge is 2.35. The molecule has 5 nitrogen and oxygen atoms in total. The maximum absolute atomic E-state index is 12.8. The third-order valence-electron chi connectivity index (χ3n) is 6.51. The molecule has 0 aromatic heterocycles. The third-order valence-corrected chi connectivity index (χ3v) is 6.51. The van der Waals surface area contributed by atoms with E-state index in [4.69, 9.17) is 4.74 Å². The highest BCUT2D eigenvalue weighted by atomic mass is 16.6. The second kappa shape index (κ2) is 9.31. The van der Waals surface area contributed by atoms with E-state index in [2.05, 4.69) is 48.8 Å². The maximum atomic E-state index is 12.8. The minimum Gasteiger partial charge on any atom is -0.445 e. The van der Waals surface area contributed by atoms with Crippen molar-refractivity contribution in [1.29, 1.82) is 0 Å². The van der Waals surface area contributed by atoms with Gasteiger partial charge in [0.15, 0.2) is 0 Å². The van der Waals surface area contributed by atoms with E-state index in [1.54, 1.807) is 0 Å². The molecule has 0 bridgehead atoms. The average Bonchev–Trinajstić information content (AvgIpc) is 2.78. The molecule has 2 aromatic rings. The van der Waals surface area contributed by atoms with E-state index in [0.717, 1.165) is 31.7 Å². The van der Waals surface area contributed by atoms with Crippen molar-refractivity contribution < 1.29 is 9.53 Å². The van der Waals surface area contributed by atoms with Gasteiger partial charge in [0.1, 0.15) is 6.61 Å². The molecule has 0 saturated carbocycles. The van der Waals surface area contributed by atoms with Crippen molar-refractivity contribution in [3.63, 3.8) is 0 Å². The van der Waals surface area contributed by atoms with Gasteiger partial charge >= 0.3 is 6.09 Å². The van der Waals surface area contributed by atoms with Crippen molar-refractivity contribution in [2.45, 2.75) is 45.8 Å². The fraction of sp³-hybridized carbons (Fsp3) is 0.500. The van der Waals surface area contributed by atoms with Crippen LogP contribution in [0.1, 0.15) is 43.9 Å². The Labute approximate surface area is 186 Å². The zero-order chi connectivity index (χ0) is 21.8. The van der Waals surface area contributed by atoms with Crippen LogP contribution in [0.25, 0.3) is 0 Å². The number of carbonyl (C=O) groups is 1. The number of carbonyl (C=O) groups excluding carboxylic acids is 1. The summed E-state index contributed by atoms with van der Waals surface area (Å²) in [4.78, 5) is 19.7. The van der Waals surface area contributed by atoms with Crippen LogP contribution in [0.4, 0.5) is 10.5 Å². The van der Waals surface area contributed by atoms with Crippen molar-refractivity contribution in [2.75, 3.05) is 44.2 Å². The predicted molar refractivity (Wildman–Crippen MR) is 125 cm³/mol. The van der Waals surface area contributed by atoms with Crippen molar-refractivity contribution in [2.24, 2.45) is 0 Å². The van der Waals surface area contributed by atoms with Crippen molar-refractivity contribution in [1.82, 2.24) is 9.80 Å². The van der Waals surface area contributed by atoms with E-state index in [1.807, 2.05) is 35.2 Å². The van der Waals surface area contributed by atoms with Gasteiger partial charge < -0.3 is 14.5 Å². The maximum Gasteiger partial charge on any atom is 0.410 e. The van der Waals surface area contributed by atoms with E-state index in [1.165, 1.54) is 29.8 Å². The molecule has 1 amide bonds. The van der Waals surface area contributed by atoms with Gasteiger partial charge in [-0.1, -0.05) is 57.2 Å². The first-order valence-corrected chi connectivity index (χ1v) is 11.5. The SMILES string of the molecule is CCCN1CCN(c2ccc3c(c2)CN(C(=O)OCc2ccccc2)CC3(C)C)CC1. The summed E-state index contributed by atoms with van der Waals surface area (Å²) in [5, 5.41) is 0. The Morgan fingerprint density at radius 3 is 2.48 bits per heavy atom. The first kappa shape index (κ1) is 21.7. The Hall–Kier alpha value is -2.53. The number of anilines is 1. The number of rotatable bonds is 5. The number of hydrogen-bond donors (Lipinski definition) is 0. The molecule has 166 valence electrons. The quantitative estimate of drug-likeness (QED) is 0.704. The molecule has 0 N–H and O–H groups in total. The topological polar surface area (TPSA) is 36.0 Å². The van der Waals surface area contributed by atoms with Gasteiger partial charge in [-0.25, -0.2) is 4.79 Å². The molecule has 0 unspecified atom stereocenters. The first-order valence-electron chi connectivity index (χ1n) is 11.5. The highest BCUT2D eigenvalue weighted by molar-refractivity contribution is 5.69. The standard InChI is InChI=1S/C26H35N3O2/c1-4-12-27-13-15-28(16-14-27)23-10-11-24-22(17-23)18-29(20-26(24,2)3)25(30)31-19-21-8-6-5-7-9-21/h5-11,17H,4,12-16,18-20H2,1-3H3. The molecule has 0 radical (unpaired) electrons. The molecular formula is C26H35N3O2. The van der Waals surface area contributed by atoms with Gasteiger partial charge in [-0.2, -0.15) is 0 Å². The lowest BCUT2D eigenvalue weighted by molar-refractivity contribution is 0.0819. The molecule has 0 aliphatic carbocycles. The highest BCUT2D eigenvalue weighted by Crippen LogP contribution is 2.36. The van der Waals surface area contributed by atoms with Gasteiger partial charge in [-0.05, 0) is 41.8 Å². The van der Waals surface area contributed by atoms with Crippen LogP contribution >= 0.6 is 0 Å². The number of ether oxygens (including phenoxy) is 1. The molecule has 2 heterocycles. The van der Waals surface area contributed by atoms with Gasteiger partial charge in [0.05, 0.1) is 0 Å².